The highest BCUT2D eigenvalue weighted by Gasteiger charge is 2.25. The highest BCUT2D eigenvalue weighted by molar-refractivity contribution is 4.71. The molecule has 0 spiro atoms. The highest BCUT2D eigenvalue weighted by Crippen LogP contribution is 2.06. The van der Waals surface area contributed by atoms with Crippen LogP contribution in [0.2, 0.25) is 0 Å². The third kappa shape index (κ3) is 7.97. The number of nitrogens with zero attached hydrogens (tertiary/aromatic N) is 2. The maximum absolute atomic E-state index is 10.1. The van der Waals surface area contributed by atoms with Crippen LogP contribution in [0.3, 0.4) is 0 Å². The monoisotopic (exact) mass is 264 g/mol. The molecule has 0 aliphatic carbocycles. The maximum atomic E-state index is 10.1. The zero-order valence-corrected chi connectivity index (χ0v) is 11.9. The lowest BCUT2D eigenvalue weighted by molar-refractivity contribution is -0.177. The molecule has 110 valence electrons. The lowest BCUT2D eigenvalue weighted by Crippen LogP contribution is -2.50. The number of aliphatic hydroxyl groups excluding tert-OH is 2. The zero-order valence-electron chi connectivity index (χ0n) is 11.9. The van der Waals surface area contributed by atoms with E-state index in [1.807, 2.05) is 18.7 Å². The molecule has 18 heavy (non-hydrogen) atoms. The van der Waals surface area contributed by atoms with Gasteiger partial charge in [-0.1, -0.05) is 13.8 Å². The van der Waals surface area contributed by atoms with Gasteiger partial charge in [0.15, 0.2) is 5.79 Å². The summed E-state index contributed by atoms with van der Waals surface area (Å²) in [6.07, 6.45) is -1.24. The molecule has 0 aromatic carbocycles. The van der Waals surface area contributed by atoms with Crippen LogP contribution < -0.4 is 0 Å². The summed E-state index contributed by atoms with van der Waals surface area (Å²) in [5.74, 6) is -1.82. The quantitative estimate of drug-likeness (QED) is 0.401. The number of aliphatic hydroxyl groups is 4. The van der Waals surface area contributed by atoms with Crippen LogP contribution in [-0.4, -0.2) is 81.1 Å². The van der Waals surface area contributed by atoms with Crippen molar-refractivity contribution in [2.45, 2.75) is 45.8 Å². The topological polar surface area (TPSA) is 87.4 Å². The van der Waals surface area contributed by atoms with Crippen LogP contribution in [-0.2, 0) is 0 Å². The smallest absolute Gasteiger partial charge is 0.172 e. The second-order valence-electron chi connectivity index (χ2n) is 4.96. The lowest BCUT2D eigenvalue weighted by Gasteiger charge is -2.34. The van der Waals surface area contributed by atoms with E-state index in [2.05, 4.69) is 0 Å². The normalized spacial score (nSPS) is 16.3. The minimum Gasteiger partial charge on any atom is -0.392 e. The van der Waals surface area contributed by atoms with E-state index < -0.39 is 18.1 Å². The second-order valence-corrected chi connectivity index (χ2v) is 4.96. The highest BCUT2D eigenvalue weighted by atomic mass is 16.5. The Morgan fingerprint density at radius 2 is 1.61 bits per heavy atom. The van der Waals surface area contributed by atoms with Crippen molar-refractivity contribution in [2.24, 2.45) is 0 Å². The van der Waals surface area contributed by atoms with Crippen LogP contribution in [0.15, 0.2) is 0 Å². The van der Waals surface area contributed by atoms with Crippen molar-refractivity contribution in [1.29, 1.82) is 0 Å². The molecule has 0 heterocycles. The Morgan fingerprint density at radius 3 is 1.94 bits per heavy atom. The summed E-state index contributed by atoms with van der Waals surface area (Å²) in [5, 5.41) is 38.1. The van der Waals surface area contributed by atoms with E-state index in [9.17, 15) is 20.4 Å². The fourth-order valence-corrected chi connectivity index (χ4v) is 1.87. The van der Waals surface area contributed by atoms with Crippen molar-refractivity contribution in [3.63, 3.8) is 0 Å². The fourth-order valence-electron chi connectivity index (χ4n) is 1.87. The Bertz CT molecular complexity index is 219. The molecule has 0 aromatic rings. The molecule has 0 rings (SSSR count). The minimum atomic E-state index is -1.82. The van der Waals surface area contributed by atoms with Crippen molar-refractivity contribution < 1.29 is 20.4 Å². The number of hydrogen-bond acceptors (Lipinski definition) is 6. The average molecular weight is 264 g/mol. The van der Waals surface area contributed by atoms with Gasteiger partial charge in [0.1, 0.15) is 6.23 Å². The summed E-state index contributed by atoms with van der Waals surface area (Å²) in [6.45, 7) is 8.86. The molecule has 4 N–H and O–H groups in total. The summed E-state index contributed by atoms with van der Waals surface area (Å²) < 4.78 is 0. The Morgan fingerprint density at radius 1 is 1.06 bits per heavy atom. The van der Waals surface area contributed by atoms with Crippen LogP contribution in [0, 0.1) is 0 Å². The molecule has 2 atom stereocenters. The second kappa shape index (κ2) is 8.04. The number of rotatable bonds is 9. The van der Waals surface area contributed by atoms with Crippen LogP contribution in [0.5, 0.6) is 0 Å². The maximum Gasteiger partial charge on any atom is 0.172 e. The summed E-state index contributed by atoms with van der Waals surface area (Å²) in [7, 11) is 0. The third-order valence-corrected chi connectivity index (χ3v) is 2.72. The molecule has 0 aliphatic heterocycles. The Labute approximate surface area is 109 Å². The van der Waals surface area contributed by atoms with Crippen molar-refractivity contribution in [1.82, 2.24) is 9.80 Å². The first kappa shape index (κ1) is 17.8. The summed E-state index contributed by atoms with van der Waals surface area (Å²) in [4.78, 5) is 3.51. The summed E-state index contributed by atoms with van der Waals surface area (Å²) in [5.41, 5.74) is 0. The van der Waals surface area contributed by atoms with Crippen molar-refractivity contribution in [3.8, 4) is 0 Å². The first-order chi connectivity index (χ1) is 8.19. The summed E-state index contributed by atoms with van der Waals surface area (Å²) >= 11 is 0. The molecule has 6 nitrogen and oxygen atoms in total. The van der Waals surface area contributed by atoms with E-state index in [1.165, 1.54) is 6.92 Å². The molecule has 0 aliphatic rings. The van der Waals surface area contributed by atoms with E-state index in [0.717, 1.165) is 6.54 Å². The van der Waals surface area contributed by atoms with E-state index in [1.54, 1.807) is 11.8 Å². The summed E-state index contributed by atoms with van der Waals surface area (Å²) in [6, 6.07) is 0. The van der Waals surface area contributed by atoms with Crippen molar-refractivity contribution in [2.75, 3.05) is 32.7 Å². The molecule has 0 radical (unpaired) electrons. The predicted octanol–water partition coefficient (Wildman–Crippen LogP) is -0.970. The largest absolute Gasteiger partial charge is 0.392 e. The van der Waals surface area contributed by atoms with Gasteiger partial charge >= 0.3 is 0 Å². The molecule has 0 bridgehead atoms. The molecule has 0 unspecified atom stereocenters. The van der Waals surface area contributed by atoms with Gasteiger partial charge in [-0.25, -0.2) is 0 Å². The average Bonchev–Trinajstić information content (AvgIpc) is 2.22. The SMILES string of the molecule is CCN(C[C@H](C)O)C[C@H](O)N(CC)CC(C)(O)O. The van der Waals surface area contributed by atoms with Gasteiger partial charge in [-0.05, 0) is 26.9 Å². The van der Waals surface area contributed by atoms with E-state index in [4.69, 9.17) is 0 Å². The molecule has 0 saturated carbocycles. The van der Waals surface area contributed by atoms with E-state index in [-0.39, 0.29) is 6.54 Å². The Kier molecular flexibility index (Phi) is 7.93. The molecular weight excluding hydrogens is 236 g/mol. The standard InChI is InChI=1S/C12H28N2O4/c1-5-13(7-10(3)15)8-11(16)14(6-2)9-12(4,17)18/h10-11,15-18H,5-9H2,1-4H3/t10-,11-/m0/s1. The van der Waals surface area contributed by atoms with Crippen molar-refractivity contribution in [3.05, 3.63) is 0 Å². The van der Waals surface area contributed by atoms with Gasteiger partial charge in [-0.2, -0.15) is 0 Å². The zero-order chi connectivity index (χ0) is 14.3. The first-order valence-electron chi connectivity index (χ1n) is 6.46. The third-order valence-electron chi connectivity index (χ3n) is 2.72. The van der Waals surface area contributed by atoms with Gasteiger partial charge < -0.3 is 20.4 Å². The van der Waals surface area contributed by atoms with Crippen molar-refractivity contribution >= 4 is 0 Å². The lowest BCUT2D eigenvalue weighted by atomic mass is 10.2. The van der Waals surface area contributed by atoms with Gasteiger partial charge in [-0.15, -0.1) is 0 Å². The molecule has 0 fully saturated rings. The van der Waals surface area contributed by atoms with Gasteiger partial charge in [0.05, 0.1) is 12.6 Å². The van der Waals surface area contributed by atoms with Gasteiger partial charge in [0.25, 0.3) is 0 Å². The molecule has 0 saturated heterocycles. The van der Waals surface area contributed by atoms with E-state index in [0.29, 0.717) is 19.6 Å². The minimum absolute atomic E-state index is 0.0170. The molecule has 0 aromatic heterocycles. The van der Waals surface area contributed by atoms with Crippen LogP contribution >= 0.6 is 0 Å². The number of likely N-dealkylation sites (N-methyl/N-ethyl adjacent to an activating group) is 2. The fraction of sp³-hybridized carbons (Fsp3) is 1.00. The Hall–Kier alpha value is -0.240. The predicted molar refractivity (Wildman–Crippen MR) is 69.9 cm³/mol. The Balaban J connectivity index is 4.36. The van der Waals surface area contributed by atoms with Gasteiger partial charge in [0.2, 0.25) is 0 Å². The van der Waals surface area contributed by atoms with E-state index >= 15 is 0 Å². The van der Waals surface area contributed by atoms with Crippen LogP contribution in [0.25, 0.3) is 0 Å². The number of hydrogen-bond donors (Lipinski definition) is 4. The van der Waals surface area contributed by atoms with Crippen LogP contribution in [0.1, 0.15) is 27.7 Å². The molecular formula is C12H28N2O4. The van der Waals surface area contributed by atoms with Gasteiger partial charge in [-0.3, -0.25) is 9.80 Å². The molecule has 6 heteroatoms. The molecule has 0 amide bonds. The first-order valence-corrected chi connectivity index (χ1v) is 6.46. The van der Waals surface area contributed by atoms with Crippen LogP contribution in [0.4, 0.5) is 0 Å². The van der Waals surface area contributed by atoms with Gasteiger partial charge in [0, 0.05) is 13.1 Å².